The molecule has 1 N–H and O–H groups in total. The molecule has 4 heteroatoms. The molecule has 2 rings (SSSR count). The molecule has 1 aromatic carbocycles. The van der Waals surface area contributed by atoms with E-state index in [1.165, 1.54) is 37.8 Å². The summed E-state index contributed by atoms with van der Waals surface area (Å²) < 4.78 is 31.6. The van der Waals surface area contributed by atoms with E-state index in [2.05, 4.69) is 5.32 Å². The van der Waals surface area contributed by atoms with Gasteiger partial charge in [0.05, 0.1) is 0 Å². The van der Waals surface area contributed by atoms with Gasteiger partial charge in [-0.2, -0.15) is 0 Å². The molecule has 1 aliphatic carbocycles. The minimum absolute atomic E-state index is 0.120. The molecule has 0 aliphatic heterocycles. The predicted molar refractivity (Wildman–Crippen MR) is 66.7 cm³/mol. The van der Waals surface area contributed by atoms with Crippen LogP contribution in [0.5, 0.6) is 5.75 Å². The molecule has 0 bridgehead atoms. The van der Waals surface area contributed by atoms with Gasteiger partial charge in [-0.1, -0.05) is 12.8 Å². The van der Waals surface area contributed by atoms with Crippen molar-refractivity contribution in [1.29, 1.82) is 0 Å². The molecule has 1 aromatic rings. The lowest BCUT2D eigenvalue weighted by molar-refractivity contribution is 0.217. The van der Waals surface area contributed by atoms with Crippen molar-refractivity contribution < 1.29 is 13.5 Å². The SMILES string of the molecule is CNC(COc1ccc(F)cc1F)C1CCCC1. The van der Waals surface area contributed by atoms with E-state index in [9.17, 15) is 8.78 Å². The number of halogens is 2. The zero-order valence-electron chi connectivity index (χ0n) is 10.6. The second-order valence-corrected chi connectivity index (χ2v) is 4.83. The molecule has 0 heterocycles. The number of ether oxygens (including phenoxy) is 1. The number of likely N-dealkylation sites (N-methyl/N-ethyl adjacent to an activating group) is 1. The van der Waals surface area contributed by atoms with Gasteiger partial charge in [0.15, 0.2) is 11.6 Å². The Morgan fingerprint density at radius 2 is 2.06 bits per heavy atom. The van der Waals surface area contributed by atoms with Crippen LogP contribution in [0.15, 0.2) is 18.2 Å². The van der Waals surface area contributed by atoms with Gasteiger partial charge >= 0.3 is 0 Å². The Kier molecular flexibility index (Phi) is 4.53. The fourth-order valence-corrected chi connectivity index (χ4v) is 2.59. The van der Waals surface area contributed by atoms with Gasteiger partial charge in [0.1, 0.15) is 12.4 Å². The highest BCUT2D eigenvalue weighted by atomic mass is 19.1. The van der Waals surface area contributed by atoms with E-state index in [0.717, 1.165) is 6.07 Å². The predicted octanol–water partition coefficient (Wildman–Crippen LogP) is 3.12. The molecule has 1 aliphatic rings. The van der Waals surface area contributed by atoms with Crippen molar-refractivity contribution in [1.82, 2.24) is 5.32 Å². The molecule has 0 radical (unpaired) electrons. The fraction of sp³-hybridized carbons (Fsp3) is 0.571. The van der Waals surface area contributed by atoms with E-state index >= 15 is 0 Å². The molecular formula is C14H19F2NO. The third kappa shape index (κ3) is 3.19. The summed E-state index contributed by atoms with van der Waals surface area (Å²) in [6, 6.07) is 3.63. The molecule has 2 nitrogen and oxygen atoms in total. The van der Waals surface area contributed by atoms with Gasteiger partial charge in [0.25, 0.3) is 0 Å². The largest absolute Gasteiger partial charge is 0.489 e. The lowest BCUT2D eigenvalue weighted by atomic mass is 9.99. The fourth-order valence-electron chi connectivity index (χ4n) is 2.59. The van der Waals surface area contributed by atoms with E-state index < -0.39 is 11.6 Å². The van der Waals surface area contributed by atoms with E-state index in [4.69, 9.17) is 4.74 Å². The van der Waals surface area contributed by atoms with Crippen LogP contribution in [0.3, 0.4) is 0 Å². The summed E-state index contributed by atoms with van der Waals surface area (Å²) in [6.07, 6.45) is 4.91. The Hall–Kier alpha value is -1.16. The standard InChI is InChI=1S/C14H19F2NO/c1-17-13(10-4-2-3-5-10)9-18-14-7-6-11(15)8-12(14)16/h6-8,10,13,17H,2-5,9H2,1H3. The average Bonchev–Trinajstić information content (AvgIpc) is 2.86. The highest BCUT2D eigenvalue weighted by Crippen LogP contribution is 2.28. The summed E-state index contributed by atoms with van der Waals surface area (Å²) in [5.74, 6) is -0.509. The van der Waals surface area contributed by atoms with Crippen LogP contribution in [-0.2, 0) is 0 Å². The van der Waals surface area contributed by atoms with Crippen LogP contribution >= 0.6 is 0 Å². The van der Waals surface area contributed by atoms with Crippen molar-refractivity contribution in [3.8, 4) is 5.75 Å². The smallest absolute Gasteiger partial charge is 0.167 e. The van der Waals surface area contributed by atoms with E-state index in [-0.39, 0.29) is 11.8 Å². The number of nitrogens with one attached hydrogen (secondary N) is 1. The Balaban J connectivity index is 1.92. The normalized spacial score (nSPS) is 17.9. The van der Waals surface area contributed by atoms with Crippen LogP contribution in [0.2, 0.25) is 0 Å². The third-order valence-electron chi connectivity index (χ3n) is 3.65. The van der Waals surface area contributed by atoms with Crippen molar-refractivity contribution in [3.05, 3.63) is 29.8 Å². The topological polar surface area (TPSA) is 21.3 Å². The van der Waals surface area contributed by atoms with E-state index in [1.807, 2.05) is 7.05 Å². The Morgan fingerprint density at radius 1 is 1.33 bits per heavy atom. The first kappa shape index (κ1) is 13.3. The lowest BCUT2D eigenvalue weighted by Gasteiger charge is -2.23. The van der Waals surface area contributed by atoms with Crippen LogP contribution in [0, 0.1) is 17.6 Å². The first-order valence-electron chi connectivity index (χ1n) is 6.46. The molecule has 100 valence electrons. The summed E-state index contributed by atoms with van der Waals surface area (Å²) in [5, 5.41) is 3.22. The van der Waals surface area contributed by atoms with Gasteiger partial charge < -0.3 is 10.1 Å². The van der Waals surface area contributed by atoms with Crippen molar-refractivity contribution in [2.45, 2.75) is 31.7 Å². The average molecular weight is 255 g/mol. The second-order valence-electron chi connectivity index (χ2n) is 4.83. The maximum absolute atomic E-state index is 13.4. The number of hydrogen-bond acceptors (Lipinski definition) is 2. The maximum atomic E-state index is 13.4. The van der Waals surface area contributed by atoms with Gasteiger partial charge in [-0.15, -0.1) is 0 Å². The highest BCUT2D eigenvalue weighted by molar-refractivity contribution is 5.24. The first-order chi connectivity index (χ1) is 8.70. The molecule has 1 atom stereocenters. The summed E-state index contributed by atoms with van der Waals surface area (Å²) in [4.78, 5) is 0. The highest BCUT2D eigenvalue weighted by Gasteiger charge is 2.24. The summed E-state index contributed by atoms with van der Waals surface area (Å²) in [7, 11) is 1.90. The number of benzene rings is 1. The zero-order chi connectivity index (χ0) is 13.0. The van der Waals surface area contributed by atoms with E-state index in [1.54, 1.807) is 0 Å². The lowest BCUT2D eigenvalue weighted by Crippen LogP contribution is -2.37. The molecule has 0 saturated heterocycles. The minimum atomic E-state index is -0.642. The molecule has 1 unspecified atom stereocenters. The van der Waals surface area contributed by atoms with Crippen molar-refractivity contribution in [2.75, 3.05) is 13.7 Å². The van der Waals surface area contributed by atoms with Crippen molar-refractivity contribution in [3.63, 3.8) is 0 Å². The Labute approximate surface area is 106 Å². The summed E-state index contributed by atoms with van der Waals surface area (Å²) >= 11 is 0. The van der Waals surface area contributed by atoms with Crippen LogP contribution in [0.4, 0.5) is 8.78 Å². The van der Waals surface area contributed by atoms with Crippen LogP contribution in [-0.4, -0.2) is 19.7 Å². The zero-order valence-corrected chi connectivity index (χ0v) is 10.6. The van der Waals surface area contributed by atoms with Gasteiger partial charge in [-0.25, -0.2) is 8.78 Å². The molecule has 18 heavy (non-hydrogen) atoms. The van der Waals surface area contributed by atoms with Crippen LogP contribution < -0.4 is 10.1 Å². The van der Waals surface area contributed by atoms with Crippen LogP contribution in [0.1, 0.15) is 25.7 Å². The minimum Gasteiger partial charge on any atom is -0.489 e. The van der Waals surface area contributed by atoms with Gasteiger partial charge in [0.2, 0.25) is 0 Å². The quantitative estimate of drug-likeness (QED) is 0.872. The van der Waals surface area contributed by atoms with Crippen LogP contribution in [0.25, 0.3) is 0 Å². The van der Waals surface area contributed by atoms with Crippen molar-refractivity contribution >= 4 is 0 Å². The Morgan fingerprint density at radius 3 is 2.67 bits per heavy atom. The maximum Gasteiger partial charge on any atom is 0.167 e. The third-order valence-corrected chi connectivity index (χ3v) is 3.65. The molecule has 1 fully saturated rings. The summed E-state index contributed by atoms with van der Waals surface area (Å²) in [5.41, 5.74) is 0. The molecule has 0 amide bonds. The second kappa shape index (κ2) is 6.14. The van der Waals surface area contributed by atoms with Gasteiger partial charge in [-0.3, -0.25) is 0 Å². The van der Waals surface area contributed by atoms with E-state index in [0.29, 0.717) is 12.5 Å². The number of hydrogen-bond donors (Lipinski definition) is 1. The van der Waals surface area contributed by atoms with Gasteiger partial charge in [0, 0.05) is 12.1 Å². The van der Waals surface area contributed by atoms with Gasteiger partial charge in [-0.05, 0) is 37.9 Å². The molecule has 0 aromatic heterocycles. The van der Waals surface area contributed by atoms with Crippen molar-refractivity contribution in [2.24, 2.45) is 5.92 Å². The molecule has 1 saturated carbocycles. The monoisotopic (exact) mass is 255 g/mol. The number of rotatable bonds is 5. The summed E-state index contributed by atoms with van der Waals surface area (Å²) in [6.45, 7) is 0.420. The Bertz CT molecular complexity index is 391. The molecular weight excluding hydrogens is 236 g/mol. The molecule has 0 spiro atoms. The first-order valence-corrected chi connectivity index (χ1v) is 6.46.